The van der Waals surface area contributed by atoms with Crippen LogP contribution in [0.1, 0.15) is 46.7 Å². The molecule has 0 fully saturated rings. The van der Waals surface area contributed by atoms with E-state index < -0.39 is 0 Å². The molecule has 5 heteroatoms. The first kappa shape index (κ1) is 17.1. The maximum absolute atomic E-state index is 5.63. The van der Waals surface area contributed by atoms with Crippen molar-refractivity contribution >= 4 is 0 Å². The topological polar surface area (TPSA) is 52.0 Å². The van der Waals surface area contributed by atoms with Crippen LogP contribution in [-0.4, -0.2) is 34.8 Å². The molecule has 0 aliphatic heterocycles. The Hall–Kier alpha value is -0.940. The first-order chi connectivity index (χ1) is 9.37. The zero-order valence-electron chi connectivity index (χ0n) is 13.6. The number of ether oxygens (including phenoxy) is 1. The van der Waals surface area contributed by atoms with E-state index in [1.165, 1.54) is 0 Å². The van der Waals surface area contributed by atoms with Gasteiger partial charge in [0, 0.05) is 19.3 Å². The van der Waals surface area contributed by atoms with Crippen molar-refractivity contribution in [2.24, 2.45) is 11.3 Å². The Balaban J connectivity index is 2.14. The van der Waals surface area contributed by atoms with Crippen molar-refractivity contribution < 1.29 is 4.74 Å². The highest BCUT2D eigenvalue weighted by atomic mass is 16.5. The number of nitrogens with zero attached hydrogens (tertiary/aromatic N) is 3. The van der Waals surface area contributed by atoms with E-state index in [9.17, 15) is 0 Å². The Morgan fingerprint density at radius 1 is 1.30 bits per heavy atom. The summed E-state index contributed by atoms with van der Waals surface area (Å²) >= 11 is 0. The second kappa shape index (κ2) is 8.37. The molecule has 1 N–H and O–H groups in total. The summed E-state index contributed by atoms with van der Waals surface area (Å²) in [5, 5.41) is 11.6. The zero-order chi connectivity index (χ0) is 15.0. The molecule has 1 aromatic rings. The van der Waals surface area contributed by atoms with Crippen LogP contribution in [-0.2, 0) is 17.8 Å². The normalized spacial score (nSPS) is 12.3. The summed E-state index contributed by atoms with van der Waals surface area (Å²) in [7, 11) is 0. The molecular formula is C15H30N4O. The fourth-order valence-corrected chi connectivity index (χ4v) is 1.66. The van der Waals surface area contributed by atoms with E-state index in [4.69, 9.17) is 4.74 Å². The SMILES string of the molecule is CC(C)CNCc1cn(CCOCCC(C)(C)C)nn1. The molecule has 0 amide bonds. The van der Waals surface area contributed by atoms with Crippen molar-refractivity contribution in [2.75, 3.05) is 19.8 Å². The van der Waals surface area contributed by atoms with Gasteiger partial charge in [-0.3, -0.25) is 0 Å². The minimum absolute atomic E-state index is 0.336. The molecule has 1 heterocycles. The molecule has 0 atom stereocenters. The summed E-state index contributed by atoms with van der Waals surface area (Å²) in [4.78, 5) is 0. The van der Waals surface area contributed by atoms with Crippen LogP contribution in [0.5, 0.6) is 0 Å². The Morgan fingerprint density at radius 2 is 2.05 bits per heavy atom. The summed E-state index contributed by atoms with van der Waals surface area (Å²) in [5.41, 5.74) is 1.32. The second-order valence-electron chi connectivity index (χ2n) is 6.92. The molecule has 20 heavy (non-hydrogen) atoms. The van der Waals surface area contributed by atoms with Crippen LogP contribution in [0.4, 0.5) is 0 Å². The number of nitrogens with one attached hydrogen (secondary N) is 1. The molecule has 1 rings (SSSR count). The summed E-state index contributed by atoms with van der Waals surface area (Å²) in [6, 6.07) is 0. The standard InChI is InChI=1S/C15H30N4O/c1-13(2)10-16-11-14-12-19(18-17-14)7-9-20-8-6-15(3,4)5/h12-13,16H,6-11H2,1-5H3. The van der Waals surface area contributed by atoms with Gasteiger partial charge < -0.3 is 10.1 Å². The molecule has 1 aromatic heterocycles. The van der Waals surface area contributed by atoms with Crippen molar-refractivity contribution in [3.8, 4) is 0 Å². The van der Waals surface area contributed by atoms with Gasteiger partial charge in [0.2, 0.25) is 0 Å². The third-order valence-corrected chi connectivity index (χ3v) is 2.91. The van der Waals surface area contributed by atoms with Gasteiger partial charge in [0.25, 0.3) is 0 Å². The number of aromatic nitrogens is 3. The summed E-state index contributed by atoms with van der Waals surface area (Å²) in [6.45, 7) is 15.1. The monoisotopic (exact) mass is 282 g/mol. The maximum atomic E-state index is 5.63. The van der Waals surface area contributed by atoms with E-state index in [1.54, 1.807) is 0 Å². The zero-order valence-corrected chi connectivity index (χ0v) is 13.6. The molecule has 5 nitrogen and oxygen atoms in total. The van der Waals surface area contributed by atoms with Gasteiger partial charge in [0.1, 0.15) is 0 Å². The van der Waals surface area contributed by atoms with Gasteiger partial charge in [-0.1, -0.05) is 39.8 Å². The quantitative estimate of drug-likeness (QED) is 0.707. The van der Waals surface area contributed by atoms with Gasteiger partial charge in [-0.2, -0.15) is 0 Å². The lowest BCUT2D eigenvalue weighted by Gasteiger charge is -2.17. The predicted molar refractivity (Wildman–Crippen MR) is 81.5 cm³/mol. The highest BCUT2D eigenvalue weighted by Crippen LogP contribution is 2.17. The highest BCUT2D eigenvalue weighted by molar-refractivity contribution is 4.91. The molecule has 0 aromatic carbocycles. The van der Waals surface area contributed by atoms with E-state index in [2.05, 4.69) is 50.2 Å². The summed E-state index contributed by atoms with van der Waals surface area (Å²) in [6.07, 6.45) is 3.06. The fraction of sp³-hybridized carbons (Fsp3) is 0.867. The van der Waals surface area contributed by atoms with Gasteiger partial charge in [-0.15, -0.1) is 5.10 Å². The van der Waals surface area contributed by atoms with Gasteiger partial charge >= 0.3 is 0 Å². The van der Waals surface area contributed by atoms with E-state index in [-0.39, 0.29) is 0 Å². The number of rotatable bonds is 9. The number of hydrogen-bond donors (Lipinski definition) is 1. The third kappa shape index (κ3) is 8.27. The molecule has 0 spiro atoms. The van der Waals surface area contributed by atoms with Crippen LogP contribution < -0.4 is 5.32 Å². The molecule has 0 aliphatic carbocycles. The van der Waals surface area contributed by atoms with Crippen molar-refractivity contribution in [3.63, 3.8) is 0 Å². The fourth-order valence-electron chi connectivity index (χ4n) is 1.66. The van der Waals surface area contributed by atoms with Crippen LogP contribution >= 0.6 is 0 Å². The van der Waals surface area contributed by atoms with E-state index >= 15 is 0 Å². The Morgan fingerprint density at radius 3 is 2.70 bits per heavy atom. The van der Waals surface area contributed by atoms with Crippen molar-refractivity contribution in [2.45, 2.75) is 54.1 Å². The minimum atomic E-state index is 0.336. The van der Waals surface area contributed by atoms with Crippen LogP contribution in [0.15, 0.2) is 6.20 Å². The highest BCUT2D eigenvalue weighted by Gasteiger charge is 2.09. The molecule has 0 saturated carbocycles. The van der Waals surface area contributed by atoms with Gasteiger partial charge in [0.05, 0.1) is 18.8 Å². The van der Waals surface area contributed by atoms with Crippen LogP contribution in [0, 0.1) is 11.3 Å². The molecule has 0 aliphatic rings. The number of hydrogen-bond acceptors (Lipinski definition) is 4. The first-order valence-corrected chi connectivity index (χ1v) is 7.54. The average molecular weight is 282 g/mol. The predicted octanol–water partition coefficient (Wildman–Crippen LogP) is 2.48. The Labute approximate surface area is 123 Å². The van der Waals surface area contributed by atoms with E-state index in [0.29, 0.717) is 17.9 Å². The molecular weight excluding hydrogens is 252 g/mol. The Kier molecular flexibility index (Phi) is 7.16. The average Bonchev–Trinajstić information content (AvgIpc) is 2.74. The lowest BCUT2D eigenvalue weighted by atomic mass is 9.93. The van der Waals surface area contributed by atoms with Gasteiger partial charge in [-0.05, 0) is 24.3 Å². The third-order valence-electron chi connectivity index (χ3n) is 2.91. The smallest absolute Gasteiger partial charge is 0.0964 e. The van der Waals surface area contributed by atoms with Crippen LogP contribution in [0.3, 0.4) is 0 Å². The molecule has 0 bridgehead atoms. The van der Waals surface area contributed by atoms with Crippen LogP contribution in [0.25, 0.3) is 0 Å². The van der Waals surface area contributed by atoms with Crippen molar-refractivity contribution in [3.05, 3.63) is 11.9 Å². The van der Waals surface area contributed by atoms with Crippen molar-refractivity contribution in [1.82, 2.24) is 20.3 Å². The molecule has 116 valence electrons. The Bertz CT molecular complexity index is 368. The van der Waals surface area contributed by atoms with Gasteiger partial charge in [0.15, 0.2) is 0 Å². The van der Waals surface area contributed by atoms with Crippen LogP contribution in [0.2, 0.25) is 0 Å². The lowest BCUT2D eigenvalue weighted by Crippen LogP contribution is -2.19. The summed E-state index contributed by atoms with van der Waals surface area (Å²) < 4.78 is 7.48. The lowest BCUT2D eigenvalue weighted by molar-refractivity contribution is 0.0996. The van der Waals surface area contributed by atoms with E-state index in [0.717, 1.165) is 38.4 Å². The first-order valence-electron chi connectivity index (χ1n) is 7.54. The van der Waals surface area contributed by atoms with E-state index in [1.807, 2.05) is 10.9 Å². The molecule has 0 radical (unpaired) electrons. The summed E-state index contributed by atoms with van der Waals surface area (Å²) in [5.74, 6) is 0.654. The maximum Gasteiger partial charge on any atom is 0.0964 e. The van der Waals surface area contributed by atoms with Crippen molar-refractivity contribution in [1.29, 1.82) is 0 Å². The molecule has 0 unspecified atom stereocenters. The van der Waals surface area contributed by atoms with Gasteiger partial charge in [-0.25, -0.2) is 4.68 Å². The largest absolute Gasteiger partial charge is 0.380 e. The molecule has 0 saturated heterocycles. The second-order valence-corrected chi connectivity index (χ2v) is 6.92. The minimum Gasteiger partial charge on any atom is -0.380 e.